The van der Waals surface area contributed by atoms with Gasteiger partial charge in [0.1, 0.15) is 0 Å². The summed E-state index contributed by atoms with van der Waals surface area (Å²) in [7, 11) is 0. The molecule has 0 atom stereocenters. The molecule has 0 amide bonds. The number of rotatable bonds is 7. The first kappa shape index (κ1) is 37.6. The van der Waals surface area contributed by atoms with Crippen molar-refractivity contribution in [2.45, 2.75) is 26.9 Å². The molecule has 0 bridgehead atoms. The molecule has 1 saturated heterocycles. The first-order valence-corrected chi connectivity index (χ1v) is 19.7. The number of pyridine rings is 4. The lowest BCUT2D eigenvalue weighted by Gasteiger charge is -2.30. The highest BCUT2D eigenvalue weighted by Crippen LogP contribution is 2.36. The van der Waals surface area contributed by atoms with Gasteiger partial charge in [0.2, 0.25) is 0 Å². The Balaban J connectivity index is 0.000000162. The minimum Gasteiger partial charge on any atom is -0.378 e. The molecule has 4 aromatic heterocycles. The van der Waals surface area contributed by atoms with Gasteiger partial charge in [-0.15, -0.1) is 0 Å². The number of hydrogen-bond acceptors (Lipinski definition) is 6. The molecule has 0 unspecified atom stereocenters. The maximum atomic E-state index is 12.8. The van der Waals surface area contributed by atoms with Crippen LogP contribution in [0.15, 0.2) is 155 Å². The van der Waals surface area contributed by atoms with Gasteiger partial charge >= 0.3 is 0 Å². The summed E-state index contributed by atoms with van der Waals surface area (Å²) in [6.45, 7) is 8.15. The van der Waals surface area contributed by atoms with Gasteiger partial charge in [0.15, 0.2) is 0 Å². The van der Waals surface area contributed by atoms with Crippen LogP contribution in [0.3, 0.4) is 0 Å². The van der Waals surface area contributed by atoms with E-state index in [1.54, 1.807) is 16.8 Å². The quantitative estimate of drug-likeness (QED) is 0.161. The van der Waals surface area contributed by atoms with Crippen molar-refractivity contribution in [1.82, 2.24) is 19.1 Å². The van der Waals surface area contributed by atoms with Crippen LogP contribution in [0.2, 0.25) is 5.02 Å². The summed E-state index contributed by atoms with van der Waals surface area (Å²) >= 11 is 6.38. The number of fused-ring (bicyclic) bond motifs is 2. The fraction of sp³-hybridized carbons (Fsp3) is 0.167. The number of aryl methyl sites for hydroxylation is 2. The summed E-state index contributed by atoms with van der Waals surface area (Å²) in [5.74, 6) is 0. The van der Waals surface area contributed by atoms with Crippen LogP contribution >= 0.6 is 11.6 Å². The molecule has 1 fully saturated rings. The molecule has 0 saturated carbocycles. The van der Waals surface area contributed by atoms with E-state index in [0.717, 1.165) is 85.4 Å². The third-order valence-electron chi connectivity index (χ3n) is 10.5. The minimum absolute atomic E-state index is 0.0376. The van der Waals surface area contributed by atoms with E-state index in [-0.39, 0.29) is 11.1 Å². The second-order valence-corrected chi connectivity index (χ2v) is 14.2. The van der Waals surface area contributed by atoms with Crippen LogP contribution in [0, 0.1) is 0 Å². The Kier molecular flexibility index (Phi) is 11.1. The van der Waals surface area contributed by atoms with Crippen molar-refractivity contribution < 1.29 is 4.74 Å². The average molecular weight is 772 g/mol. The van der Waals surface area contributed by atoms with E-state index in [4.69, 9.17) is 16.3 Å². The first-order chi connectivity index (χ1) is 27.9. The lowest BCUT2D eigenvalue weighted by atomic mass is 9.97. The van der Waals surface area contributed by atoms with Gasteiger partial charge in [-0.05, 0) is 61.4 Å². The van der Waals surface area contributed by atoms with Gasteiger partial charge in [-0.1, -0.05) is 96.5 Å². The highest BCUT2D eigenvalue weighted by atomic mass is 35.5. The summed E-state index contributed by atoms with van der Waals surface area (Å²) in [5, 5.41) is 2.43. The maximum absolute atomic E-state index is 12.8. The maximum Gasteiger partial charge on any atom is 0.253 e. The Morgan fingerprint density at radius 1 is 0.561 bits per heavy atom. The zero-order chi connectivity index (χ0) is 39.3. The number of anilines is 1. The molecule has 57 heavy (non-hydrogen) atoms. The molecule has 284 valence electrons. The number of ether oxygens (including phenoxy) is 1. The summed E-state index contributed by atoms with van der Waals surface area (Å²) in [6.07, 6.45) is 3.63. The number of aromatic nitrogens is 4. The number of benzene rings is 4. The highest BCUT2D eigenvalue weighted by Gasteiger charge is 2.19. The molecule has 1 aliphatic heterocycles. The number of halogens is 1. The van der Waals surface area contributed by atoms with E-state index in [1.807, 2.05) is 91.3 Å². The fourth-order valence-electron chi connectivity index (χ4n) is 7.70. The van der Waals surface area contributed by atoms with Gasteiger partial charge in [-0.2, -0.15) is 0 Å². The molecule has 9 heteroatoms. The fourth-order valence-corrected chi connectivity index (χ4v) is 7.94. The minimum atomic E-state index is -0.0795. The Hall–Kier alpha value is -6.35. The zero-order valence-corrected chi connectivity index (χ0v) is 32.7. The van der Waals surface area contributed by atoms with Gasteiger partial charge in [-0.25, -0.2) is 0 Å². The standard InChI is InChI=1S/C26H25N3O2.C22H17ClN2O/c1-2-29-23-11-10-20(21-9-6-12-27-26(21)19-7-4-3-5-8-19)17-22(23)24(18-25(29)30)28-13-15-31-16-14-28;1-2-25-20-11-10-16(13-18(20)19(23)14-21(25)26)17-9-6-12-24-22(17)15-7-4-3-5-8-15/h3-12,17-18H,2,13-16H2,1H3;3-14H,2H2,1H3. The number of morpholine rings is 1. The van der Waals surface area contributed by atoms with E-state index in [0.29, 0.717) is 31.3 Å². The van der Waals surface area contributed by atoms with Crippen molar-refractivity contribution in [3.63, 3.8) is 0 Å². The van der Waals surface area contributed by atoms with Crippen LogP contribution in [0.1, 0.15) is 13.8 Å². The van der Waals surface area contributed by atoms with Crippen LogP contribution in [0.4, 0.5) is 5.69 Å². The van der Waals surface area contributed by atoms with Crippen molar-refractivity contribution in [2.75, 3.05) is 31.2 Å². The molecule has 9 rings (SSSR count). The highest BCUT2D eigenvalue weighted by molar-refractivity contribution is 6.35. The van der Waals surface area contributed by atoms with Crippen LogP contribution in [-0.2, 0) is 17.8 Å². The molecule has 4 aromatic carbocycles. The monoisotopic (exact) mass is 771 g/mol. The molecule has 0 spiro atoms. The lowest BCUT2D eigenvalue weighted by molar-refractivity contribution is 0.123. The summed E-state index contributed by atoms with van der Waals surface area (Å²) in [5.41, 5.74) is 11.0. The van der Waals surface area contributed by atoms with Crippen LogP contribution in [0.25, 0.3) is 66.6 Å². The average Bonchev–Trinajstić information content (AvgIpc) is 3.27. The third-order valence-corrected chi connectivity index (χ3v) is 10.8. The summed E-state index contributed by atoms with van der Waals surface area (Å²) < 4.78 is 9.10. The Morgan fingerprint density at radius 3 is 1.58 bits per heavy atom. The zero-order valence-electron chi connectivity index (χ0n) is 31.9. The Morgan fingerprint density at radius 2 is 1.05 bits per heavy atom. The largest absolute Gasteiger partial charge is 0.378 e. The SMILES string of the molecule is CCn1c(=O)cc(Cl)c2cc(-c3cccnc3-c3ccccc3)ccc21.CCn1c(=O)cc(N2CCOCC2)c2cc(-c3cccnc3-c3ccccc3)ccc21. The molecule has 8 aromatic rings. The second kappa shape index (κ2) is 16.8. The van der Waals surface area contributed by atoms with E-state index in [2.05, 4.69) is 69.5 Å². The Labute approximate surface area is 336 Å². The van der Waals surface area contributed by atoms with Crippen LogP contribution < -0.4 is 16.0 Å². The molecule has 1 aliphatic rings. The number of nitrogens with zero attached hydrogens (tertiary/aromatic N) is 5. The first-order valence-electron chi connectivity index (χ1n) is 19.3. The van der Waals surface area contributed by atoms with E-state index >= 15 is 0 Å². The molecule has 0 radical (unpaired) electrons. The normalized spacial score (nSPS) is 12.7. The van der Waals surface area contributed by atoms with Crippen molar-refractivity contribution in [3.8, 4) is 44.8 Å². The summed E-state index contributed by atoms with van der Waals surface area (Å²) in [4.78, 5) is 36.5. The molecule has 0 aliphatic carbocycles. The van der Waals surface area contributed by atoms with Gasteiger partial charge in [0, 0.05) is 83.7 Å². The summed E-state index contributed by atoms with van der Waals surface area (Å²) in [6, 6.07) is 44.1. The van der Waals surface area contributed by atoms with Crippen LogP contribution in [-0.4, -0.2) is 45.4 Å². The van der Waals surface area contributed by atoms with E-state index in [9.17, 15) is 9.59 Å². The van der Waals surface area contributed by atoms with Gasteiger partial charge in [-0.3, -0.25) is 19.6 Å². The van der Waals surface area contributed by atoms with Crippen LogP contribution in [0.5, 0.6) is 0 Å². The topological polar surface area (TPSA) is 82.2 Å². The molecule has 8 nitrogen and oxygen atoms in total. The van der Waals surface area contributed by atoms with Gasteiger partial charge < -0.3 is 18.8 Å². The van der Waals surface area contributed by atoms with Crippen molar-refractivity contribution in [3.05, 3.63) is 172 Å². The van der Waals surface area contributed by atoms with Crippen molar-refractivity contribution in [1.29, 1.82) is 0 Å². The molecule has 5 heterocycles. The molecule has 0 N–H and O–H groups in total. The third kappa shape index (κ3) is 7.62. The van der Waals surface area contributed by atoms with Gasteiger partial charge in [0.25, 0.3) is 11.1 Å². The smallest absolute Gasteiger partial charge is 0.253 e. The van der Waals surface area contributed by atoms with E-state index < -0.39 is 0 Å². The predicted molar refractivity (Wildman–Crippen MR) is 233 cm³/mol. The molecular formula is C48H42ClN5O3. The predicted octanol–water partition coefficient (Wildman–Crippen LogP) is 9.99. The van der Waals surface area contributed by atoms with E-state index in [1.165, 1.54) is 6.07 Å². The van der Waals surface area contributed by atoms with Crippen molar-refractivity contribution >= 4 is 39.1 Å². The van der Waals surface area contributed by atoms with Crippen molar-refractivity contribution in [2.24, 2.45) is 0 Å². The lowest BCUT2D eigenvalue weighted by Crippen LogP contribution is -2.37. The molecular weight excluding hydrogens is 730 g/mol. The second-order valence-electron chi connectivity index (χ2n) is 13.8. The Bertz CT molecular complexity index is 2810. The number of hydrogen-bond donors (Lipinski definition) is 0. The van der Waals surface area contributed by atoms with Gasteiger partial charge in [0.05, 0.1) is 46.3 Å².